The number of hydrogen-bond acceptors (Lipinski definition) is 5. The Balaban J connectivity index is 1.55. The second-order valence-corrected chi connectivity index (χ2v) is 7.44. The minimum atomic E-state index is -0.707. The van der Waals surface area contributed by atoms with Gasteiger partial charge in [0.15, 0.2) is 0 Å². The van der Waals surface area contributed by atoms with Gasteiger partial charge < -0.3 is 9.52 Å². The number of carboxylic acid groups (broad SMARTS) is 1. The summed E-state index contributed by atoms with van der Waals surface area (Å²) in [5, 5.41) is 11.6. The van der Waals surface area contributed by atoms with Crippen molar-refractivity contribution in [2.45, 2.75) is 50.7 Å². The normalized spacial score (nSPS) is 27.9. The van der Waals surface area contributed by atoms with E-state index in [1.54, 1.807) is 17.6 Å². The van der Waals surface area contributed by atoms with Crippen molar-refractivity contribution >= 4 is 17.3 Å². The molecule has 2 aliphatic rings. The Kier molecular flexibility index (Phi) is 3.95. The lowest BCUT2D eigenvalue weighted by Crippen LogP contribution is -2.41. The minimum Gasteiger partial charge on any atom is -0.480 e. The molecule has 3 atom stereocenters. The van der Waals surface area contributed by atoms with Crippen molar-refractivity contribution in [3.8, 4) is 10.8 Å². The molecule has 1 aliphatic carbocycles. The number of thiophene rings is 1. The fourth-order valence-corrected chi connectivity index (χ4v) is 4.76. The topological polar surface area (TPSA) is 66.6 Å². The van der Waals surface area contributed by atoms with Gasteiger partial charge in [-0.05, 0) is 36.6 Å². The quantitative estimate of drug-likeness (QED) is 0.926. The molecule has 1 N–H and O–H groups in total. The lowest BCUT2D eigenvalue weighted by Gasteiger charge is -2.32. The van der Waals surface area contributed by atoms with E-state index in [-0.39, 0.29) is 6.04 Å². The number of oxazole rings is 1. The van der Waals surface area contributed by atoms with Crippen LogP contribution in [-0.2, 0) is 11.3 Å². The van der Waals surface area contributed by atoms with Crippen LogP contribution in [0.15, 0.2) is 28.2 Å². The van der Waals surface area contributed by atoms with Gasteiger partial charge >= 0.3 is 5.97 Å². The highest BCUT2D eigenvalue weighted by Crippen LogP contribution is 2.40. The highest BCUT2D eigenvalue weighted by Gasteiger charge is 2.45. The van der Waals surface area contributed by atoms with Crippen LogP contribution in [0.3, 0.4) is 0 Å². The maximum Gasteiger partial charge on any atom is 0.320 e. The van der Waals surface area contributed by atoms with Crippen LogP contribution in [0.2, 0.25) is 0 Å². The van der Waals surface area contributed by atoms with E-state index in [9.17, 15) is 9.90 Å². The van der Waals surface area contributed by atoms with Crippen molar-refractivity contribution in [1.82, 2.24) is 9.88 Å². The Morgan fingerprint density at radius 1 is 1.43 bits per heavy atom. The van der Waals surface area contributed by atoms with Crippen LogP contribution in [0.4, 0.5) is 0 Å². The largest absolute Gasteiger partial charge is 0.480 e. The first-order valence-electron chi connectivity index (χ1n) is 8.19. The number of rotatable bonds is 4. The van der Waals surface area contributed by atoms with E-state index >= 15 is 0 Å². The van der Waals surface area contributed by atoms with E-state index in [1.807, 2.05) is 17.5 Å². The van der Waals surface area contributed by atoms with Crippen molar-refractivity contribution in [2.75, 3.05) is 0 Å². The summed E-state index contributed by atoms with van der Waals surface area (Å²) in [5.74, 6) is 0.441. The van der Waals surface area contributed by atoms with Gasteiger partial charge in [-0.15, -0.1) is 11.3 Å². The molecule has 6 heteroatoms. The van der Waals surface area contributed by atoms with E-state index in [4.69, 9.17) is 4.42 Å². The summed E-state index contributed by atoms with van der Waals surface area (Å²) in [7, 11) is 0. The molecule has 1 aliphatic heterocycles. The first kappa shape index (κ1) is 14.9. The van der Waals surface area contributed by atoms with E-state index < -0.39 is 5.97 Å². The molecule has 0 radical (unpaired) electrons. The molecule has 122 valence electrons. The molecule has 0 bridgehead atoms. The second-order valence-electron chi connectivity index (χ2n) is 6.50. The van der Waals surface area contributed by atoms with Crippen LogP contribution >= 0.6 is 11.3 Å². The van der Waals surface area contributed by atoms with E-state index in [0.717, 1.165) is 29.8 Å². The van der Waals surface area contributed by atoms with Crippen LogP contribution < -0.4 is 0 Å². The maximum atomic E-state index is 11.7. The summed E-state index contributed by atoms with van der Waals surface area (Å²) in [5.41, 5.74) is 0.825. The highest BCUT2D eigenvalue weighted by atomic mass is 32.1. The van der Waals surface area contributed by atoms with Gasteiger partial charge in [0.1, 0.15) is 12.3 Å². The second kappa shape index (κ2) is 6.09. The van der Waals surface area contributed by atoms with Gasteiger partial charge in [0.25, 0.3) is 0 Å². The average molecular weight is 332 g/mol. The predicted octanol–water partition coefficient (Wildman–Crippen LogP) is 3.62. The van der Waals surface area contributed by atoms with Crippen molar-refractivity contribution in [2.24, 2.45) is 5.92 Å². The monoisotopic (exact) mass is 332 g/mol. The van der Waals surface area contributed by atoms with E-state index in [1.165, 1.54) is 12.8 Å². The number of fused-ring (bicyclic) bond motifs is 1. The maximum absolute atomic E-state index is 11.7. The third kappa shape index (κ3) is 2.81. The zero-order valence-electron chi connectivity index (χ0n) is 12.9. The molecular formula is C17H20N2O3S. The molecule has 1 saturated carbocycles. The summed E-state index contributed by atoms with van der Waals surface area (Å²) < 4.78 is 5.58. The number of nitrogens with zero attached hydrogens (tertiary/aromatic N) is 2. The molecule has 0 spiro atoms. The van der Waals surface area contributed by atoms with E-state index in [0.29, 0.717) is 24.4 Å². The molecular weight excluding hydrogens is 312 g/mol. The van der Waals surface area contributed by atoms with Gasteiger partial charge in [-0.1, -0.05) is 18.9 Å². The van der Waals surface area contributed by atoms with Crippen molar-refractivity contribution < 1.29 is 14.3 Å². The summed E-state index contributed by atoms with van der Waals surface area (Å²) in [4.78, 5) is 19.4. The third-order valence-corrected chi connectivity index (χ3v) is 5.99. The van der Waals surface area contributed by atoms with Crippen LogP contribution in [0.5, 0.6) is 0 Å². The van der Waals surface area contributed by atoms with Gasteiger partial charge in [0, 0.05) is 12.6 Å². The number of aromatic nitrogens is 1. The molecule has 5 nitrogen and oxygen atoms in total. The molecule has 23 heavy (non-hydrogen) atoms. The summed E-state index contributed by atoms with van der Waals surface area (Å²) in [6.45, 7) is 0.563. The molecule has 3 heterocycles. The Bertz CT molecular complexity index is 682. The molecule has 2 fully saturated rings. The molecule has 0 aromatic carbocycles. The highest BCUT2D eigenvalue weighted by molar-refractivity contribution is 7.13. The van der Waals surface area contributed by atoms with Crippen molar-refractivity contribution in [3.05, 3.63) is 29.5 Å². The Labute approximate surface area is 138 Å². The summed E-state index contributed by atoms with van der Waals surface area (Å²) in [6, 6.07) is 3.95. The predicted molar refractivity (Wildman–Crippen MR) is 87.1 cm³/mol. The fourth-order valence-electron chi connectivity index (χ4n) is 4.10. The Hall–Kier alpha value is -1.66. The zero-order valence-corrected chi connectivity index (χ0v) is 13.7. The lowest BCUT2D eigenvalue weighted by molar-refractivity contribution is -0.142. The number of carbonyl (C=O) groups is 1. The van der Waals surface area contributed by atoms with Gasteiger partial charge in [-0.3, -0.25) is 9.69 Å². The van der Waals surface area contributed by atoms with Crippen LogP contribution in [-0.4, -0.2) is 33.0 Å². The number of likely N-dealkylation sites (tertiary alicyclic amines) is 1. The lowest BCUT2D eigenvalue weighted by atomic mass is 9.85. The number of carboxylic acids is 1. The Morgan fingerprint density at radius 3 is 3.09 bits per heavy atom. The molecule has 2 aromatic heterocycles. The van der Waals surface area contributed by atoms with Crippen LogP contribution in [0.1, 0.15) is 37.8 Å². The van der Waals surface area contributed by atoms with Crippen molar-refractivity contribution in [3.63, 3.8) is 0 Å². The molecule has 0 unspecified atom stereocenters. The molecule has 0 amide bonds. The molecule has 2 aromatic rings. The molecule has 1 saturated heterocycles. The number of aliphatic carboxylic acids is 1. The van der Waals surface area contributed by atoms with E-state index in [2.05, 4.69) is 9.88 Å². The average Bonchev–Trinajstić information content (AvgIpc) is 3.26. The third-order valence-electron chi connectivity index (χ3n) is 5.13. The zero-order chi connectivity index (χ0) is 15.8. The van der Waals surface area contributed by atoms with Crippen LogP contribution in [0, 0.1) is 5.92 Å². The van der Waals surface area contributed by atoms with Crippen LogP contribution in [0.25, 0.3) is 10.8 Å². The first-order valence-corrected chi connectivity index (χ1v) is 9.07. The SMILES string of the molecule is O=C(O)[C@@H]1C[C@H]2CCCC[C@@H]2N1Cc1coc(-c2cccs2)n1. The van der Waals surface area contributed by atoms with Gasteiger partial charge in [0.05, 0.1) is 10.6 Å². The van der Waals surface area contributed by atoms with Gasteiger partial charge in [-0.25, -0.2) is 4.98 Å². The van der Waals surface area contributed by atoms with Crippen molar-refractivity contribution in [1.29, 1.82) is 0 Å². The standard InChI is InChI=1S/C17H20N2O3S/c20-17(21)14-8-11-4-1-2-5-13(11)19(14)9-12-10-22-16(18-12)15-6-3-7-23-15/h3,6-7,10-11,13-14H,1-2,4-5,8-9H2,(H,20,21)/t11-,13+,14+/m1/s1. The minimum absolute atomic E-state index is 0.381. The molecule has 4 rings (SSSR count). The fraction of sp³-hybridized carbons (Fsp3) is 0.529. The number of hydrogen-bond donors (Lipinski definition) is 1. The first-order chi connectivity index (χ1) is 11.2. The van der Waals surface area contributed by atoms with Gasteiger partial charge in [-0.2, -0.15) is 0 Å². The summed E-state index contributed by atoms with van der Waals surface area (Å²) >= 11 is 1.59. The summed E-state index contributed by atoms with van der Waals surface area (Å²) in [6.07, 6.45) is 7.13. The smallest absolute Gasteiger partial charge is 0.320 e. The van der Waals surface area contributed by atoms with Gasteiger partial charge in [0.2, 0.25) is 5.89 Å². The Morgan fingerprint density at radius 2 is 2.30 bits per heavy atom.